The number of hydrogen-bond acceptors (Lipinski definition) is 3. The average Bonchev–Trinajstić information content (AvgIpc) is 2.55. The minimum Gasteiger partial charge on any atom is -0.480 e. The molecule has 2 N–H and O–H groups in total. The number of carboxylic acids is 1. The number of nitrogens with one attached hydrogen (secondary N) is 1. The molecule has 24 heavy (non-hydrogen) atoms. The van der Waals surface area contributed by atoms with Crippen LogP contribution in [0.15, 0.2) is 59.1 Å². The molecule has 0 saturated heterocycles. The number of benzene rings is 2. The molecule has 6 heteroatoms. The van der Waals surface area contributed by atoms with E-state index in [9.17, 15) is 14.7 Å². The van der Waals surface area contributed by atoms with Gasteiger partial charge in [-0.05, 0) is 24.1 Å². The van der Waals surface area contributed by atoms with Crippen LogP contribution in [0.5, 0.6) is 0 Å². The van der Waals surface area contributed by atoms with Gasteiger partial charge in [-0.2, -0.15) is 0 Å². The third-order valence-electron chi connectivity index (χ3n) is 3.49. The van der Waals surface area contributed by atoms with Crippen LogP contribution in [0.25, 0.3) is 0 Å². The fourth-order valence-corrected chi connectivity index (χ4v) is 2.50. The lowest BCUT2D eigenvalue weighted by atomic mass is 10.1. The third kappa shape index (κ3) is 6.43. The second-order valence-electron chi connectivity index (χ2n) is 5.21. The van der Waals surface area contributed by atoms with Crippen LogP contribution < -0.4 is 5.32 Å². The van der Waals surface area contributed by atoms with Gasteiger partial charge in [0, 0.05) is 23.0 Å². The van der Waals surface area contributed by atoms with Crippen LogP contribution in [-0.2, 0) is 11.2 Å². The van der Waals surface area contributed by atoms with Crippen molar-refractivity contribution in [3.05, 3.63) is 70.2 Å². The number of Topliss-reactive ketones (excluding diaryl/α,β-unsaturated/α-hetero) is 1. The monoisotopic (exact) mass is 411 g/mol. The molecule has 0 radical (unpaired) electrons. The van der Waals surface area contributed by atoms with Gasteiger partial charge in [0.15, 0.2) is 5.78 Å². The molecule has 2 aromatic carbocycles. The highest BCUT2D eigenvalue weighted by atomic mass is 79.9. The number of ketones is 1. The van der Waals surface area contributed by atoms with Gasteiger partial charge < -0.3 is 10.4 Å². The van der Waals surface area contributed by atoms with Crippen LogP contribution in [0.2, 0.25) is 0 Å². The molecule has 2 aromatic rings. The molecular formula is C18H19BrClNO3. The van der Waals surface area contributed by atoms with Gasteiger partial charge in [-0.1, -0.05) is 58.4 Å². The zero-order chi connectivity index (χ0) is 16.7. The molecule has 2 rings (SSSR count). The van der Waals surface area contributed by atoms with Crippen molar-refractivity contribution in [2.45, 2.75) is 18.9 Å². The van der Waals surface area contributed by atoms with E-state index in [1.165, 1.54) is 0 Å². The maximum Gasteiger partial charge on any atom is 0.321 e. The Morgan fingerprint density at radius 1 is 1.04 bits per heavy atom. The Morgan fingerprint density at radius 2 is 1.67 bits per heavy atom. The topological polar surface area (TPSA) is 66.4 Å². The zero-order valence-electron chi connectivity index (χ0n) is 12.9. The average molecular weight is 413 g/mol. The van der Waals surface area contributed by atoms with Crippen molar-refractivity contribution in [3.8, 4) is 0 Å². The number of carbonyl (C=O) groups excluding carboxylic acids is 1. The van der Waals surface area contributed by atoms with Crippen LogP contribution in [-0.4, -0.2) is 29.4 Å². The molecule has 0 amide bonds. The fourth-order valence-electron chi connectivity index (χ4n) is 2.24. The lowest BCUT2D eigenvalue weighted by Crippen LogP contribution is -2.39. The van der Waals surface area contributed by atoms with E-state index >= 15 is 0 Å². The first-order valence-electron chi connectivity index (χ1n) is 7.35. The van der Waals surface area contributed by atoms with Crippen molar-refractivity contribution in [3.63, 3.8) is 0 Å². The summed E-state index contributed by atoms with van der Waals surface area (Å²) in [5, 5.41) is 12.2. The molecule has 0 bridgehead atoms. The lowest BCUT2D eigenvalue weighted by Gasteiger charge is -2.14. The van der Waals surface area contributed by atoms with Gasteiger partial charge >= 0.3 is 5.97 Å². The van der Waals surface area contributed by atoms with E-state index in [0.29, 0.717) is 18.5 Å². The number of carboxylic acid groups (broad SMARTS) is 1. The molecular weight excluding hydrogens is 394 g/mol. The smallest absolute Gasteiger partial charge is 0.321 e. The summed E-state index contributed by atoms with van der Waals surface area (Å²) >= 11 is 3.32. The maximum atomic E-state index is 12.1. The minimum absolute atomic E-state index is 0. The molecule has 0 saturated carbocycles. The van der Waals surface area contributed by atoms with Crippen LogP contribution in [0.4, 0.5) is 0 Å². The highest BCUT2D eigenvalue weighted by molar-refractivity contribution is 9.10. The highest BCUT2D eigenvalue weighted by Crippen LogP contribution is 2.12. The highest BCUT2D eigenvalue weighted by Gasteiger charge is 2.17. The minimum atomic E-state index is -0.912. The van der Waals surface area contributed by atoms with Crippen molar-refractivity contribution in [2.75, 3.05) is 6.54 Å². The molecule has 0 heterocycles. The molecule has 0 spiro atoms. The Kier molecular flexibility index (Phi) is 8.68. The first-order chi connectivity index (χ1) is 11.1. The number of carbonyl (C=O) groups is 2. The maximum absolute atomic E-state index is 12.1. The Hall–Kier alpha value is -1.69. The van der Waals surface area contributed by atoms with Gasteiger partial charge in [0.25, 0.3) is 0 Å². The van der Waals surface area contributed by atoms with Crippen molar-refractivity contribution in [2.24, 2.45) is 0 Å². The van der Waals surface area contributed by atoms with E-state index in [2.05, 4.69) is 21.2 Å². The molecule has 4 nitrogen and oxygen atoms in total. The van der Waals surface area contributed by atoms with Crippen molar-refractivity contribution in [1.29, 1.82) is 0 Å². The summed E-state index contributed by atoms with van der Waals surface area (Å²) in [6.07, 6.45) is 0.656. The summed E-state index contributed by atoms with van der Waals surface area (Å²) in [4.78, 5) is 23.4. The van der Waals surface area contributed by atoms with E-state index in [0.717, 1.165) is 10.0 Å². The van der Waals surface area contributed by atoms with E-state index in [1.54, 1.807) is 12.1 Å². The summed E-state index contributed by atoms with van der Waals surface area (Å²) in [5.74, 6) is -0.918. The van der Waals surface area contributed by atoms with E-state index in [1.807, 2.05) is 42.5 Å². The van der Waals surface area contributed by atoms with Crippen molar-refractivity contribution < 1.29 is 14.7 Å². The van der Waals surface area contributed by atoms with Gasteiger partial charge in [0.05, 0.1) is 0 Å². The normalized spacial score (nSPS) is 11.4. The molecule has 1 atom stereocenters. The van der Waals surface area contributed by atoms with Crippen LogP contribution in [0.1, 0.15) is 22.3 Å². The van der Waals surface area contributed by atoms with Crippen molar-refractivity contribution in [1.82, 2.24) is 5.32 Å². The summed E-state index contributed by atoms with van der Waals surface area (Å²) < 4.78 is 0.918. The fraction of sp³-hybridized carbons (Fsp3) is 0.222. The van der Waals surface area contributed by atoms with E-state index in [-0.39, 0.29) is 24.6 Å². The van der Waals surface area contributed by atoms with Gasteiger partial charge in [-0.25, -0.2) is 0 Å². The largest absolute Gasteiger partial charge is 0.480 e. The van der Waals surface area contributed by atoms with Crippen LogP contribution in [0, 0.1) is 0 Å². The molecule has 0 aromatic heterocycles. The van der Waals surface area contributed by atoms with Crippen LogP contribution in [0.3, 0.4) is 0 Å². The molecule has 0 unspecified atom stereocenters. The summed E-state index contributed by atoms with van der Waals surface area (Å²) in [6, 6.07) is 15.9. The van der Waals surface area contributed by atoms with Gasteiger partial charge in [0.2, 0.25) is 0 Å². The molecule has 0 fully saturated rings. The Labute approximate surface area is 155 Å². The molecule has 0 aliphatic heterocycles. The predicted molar refractivity (Wildman–Crippen MR) is 99.9 cm³/mol. The van der Waals surface area contributed by atoms with Gasteiger partial charge in [-0.3, -0.25) is 9.59 Å². The Balaban J connectivity index is 0.00000288. The predicted octanol–water partition coefficient (Wildman–Crippen LogP) is 3.73. The van der Waals surface area contributed by atoms with Gasteiger partial charge in [0.1, 0.15) is 6.04 Å². The summed E-state index contributed by atoms with van der Waals surface area (Å²) in [6.45, 7) is 0.332. The summed E-state index contributed by atoms with van der Waals surface area (Å²) in [7, 11) is 0. The summed E-state index contributed by atoms with van der Waals surface area (Å²) in [5.41, 5.74) is 1.58. The second kappa shape index (κ2) is 10.2. The standard InChI is InChI=1S/C18H18BrNO3.ClH/c19-15-8-6-14(7-9-15)17(21)10-11-20-16(18(22)23)12-13-4-2-1-3-5-13;/h1-9,16,20H,10-12H2,(H,22,23);1H/t16-;/m0./s1. The third-order valence-corrected chi connectivity index (χ3v) is 4.02. The zero-order valence-corrected chi connectivity index (χ0v) is 15.3. The van der Waals surface area contributed by atoms with E-state index < -0.39 is 12.0 Å². The van der Waals surface area contributed by atoms with Crippen molar-refractivity contribution >= 4 is 40.1 Å². The number of aliphatic carboxylic acids is 1. The Morgan fingerprint density at radius 3 is 2.25 bits per heavy atom. The van der Waals surface area contributed by atoms with E-state index in [4.69, 9.17) is 0 Å². The SMILES string of the molecule is Cl.O=C(CCN[C@@H](Cc1ccccc1)C(=O)O)c1ccc(Br)cc1. The molecule has 128 valence electrons. The second-order valence-corrected chi connectivity index (χ2v) is 6.13. The number of hydrogen-bond donors (Lipinski definition) is 2. The quantitative estimate of drug-likeness (QED) is 0.648. The van der Waals surface area contributed by atoms with Crippen LogP contribution >= 0.6 is 28.3 Å². The number of halogens is 2. The lowest BCUT2D eigenvalue weighted by molar-refractivity contribution is -0.139. The first-order valence-corrected chi connectivity index (χ1v) is 8.14. The number of rotatable bonds is 8. The van der Waals surface area contributed by atoms with Gasteiger partial charge in [-0.15, -0.1) is 12.4 Å². The first kappa shape index (κ1) is 20.4. The molecule has 0 aliphatic rings. The Bertz CT molecular complexity index is 662. The molecule has 0 aliphatic carbocycles.